The summed E-state index contributed by atoms with van der Waals surface area (Å²) in [6, 6.07) is 7.49. The van der Waals surface area contributed by atoms with Gasteiger partial charge in [0.15, 0.2) is 5.82 Å². The Morgan fingerprint density at radius 2 is 1.89 bits per heavy atom. The Hall–Kier alpha value is -3.26. The highest BCUT2D eigenvalue weighted by atomic mass is 16.5. The van der Waals surface area contributed by atoms with Crippen molar-refractivity contribution in [2.75, 3.05) is 44.0 Å². The molecule has 0 atom stereocenters. The molecular formula is C19H20N6O2. The van der Waals surface area contributed by atoms with E-state index in [0.717, 1.165) is 35.7 Å². The van der Waals surface area contributed by atoms with Crippen molar-refractivity contribution in [1.29, 1.82) is 0 Å². The molecule has 4 rings (SSSR count). The van der Waals surface area contributed by atoms with Crippen LogP contribution in [0.1, 0.15) is 0 Å². The first-order valence-electron chi connectivity index (χ1n) is 8.66. The van der Waals surface area contributed by atoms with Crippen LogP contribution in [-0.4, -0.2) is 53.3 Å². The lowest BCUT2D eigenvalue weighted by atomic mass is 10.1. The Bertz CT molecular complexity index is 926. The first-order valence-corrected chi connectivity index (χ1v) is 8.66. The van der Waals surface area contributed by atoms with E-state index in [1.807, 2.05) is 18.2 Å². The predicted molar refractivity (Wildman–Crippen MR) is 102 cm³/mol. The van der Waals surface area contributed by atoms with Gasteiger partial charge in [-0.1, -0.05) is 0 Å². The number of hydrogen-bond acceptors (Lipinski definition) is 8. The summed E-state index contributed by atoms with van der Waals surface area (Å²) in [5.41, 5.74) is 8.14. The van der Waals surface area contributed by atoms with Crippen LogP contribution in [0.25, 0.3) is 22.6 Å². The third kappa shape index (κ3) is 3.80. The van der Waals surface area contributed by atoms with E-state index >= 15 is 0 Å². The van der Waals surface area contributed by atoms with Crippen LogP contribution in [0.2, 0.25) is 0 Å². The summed E-state index contributed by atoms with van der Waals surface area (Å²) >= 11 is 0. The normalized spacial score (nSPS) is 14.2. The van der Waals surface area contributed by atoms with Crippen LogP contribution in [-0.2, 0) is 4.74 Å². The average molecular weight is 364 g/mol. The largest absolute Gasteiger partial charge is 0.495 e. The van der Waals surface area contributed by atoms with Gasteiger partial charge in [0.1, 0.15) is 17.4 Å². The number of rotatable bonds is 4. The van der Waals surface area contributed by atoms with Crippen LogP contribution in [0, 0.1) is 0 Å². The van der Waals surface area contributed by atoms with Crippen molar-refractivity contribution < 1.29 is 9.47 Å². The second kappa shape index (κ2) is 7.55. The number of morpholine rings is 1. The van der Waals surface area contributed by atoms with Gasteiger partial charge >= 0.3 is 0 Å². The zero-order valence-corrected chi connectivity index (χ0v) is 15.0. The van der Waals surface area contributed by atoms with Crippen molar-refractivity contribution in [2.24, 2.45) is 0 Å². The molecule has 1 aliphatic rings. The lowest BCUT2D eigenvalue weighted by Gasteiger charge is -2.28. The molecule has 0 unspecified atom stereocenters. The third-order valence-electron chi connectivity index (χ3n) is 4.34. The Balaban J connectivity index is 1.81. The van der Waals surface area contributed by atoms with Gasteiger partial charge in [0.05, 0.1) is 32.2 Å². The van der Waals surface area contributed by atoms with Gasteiger partial charge in [-0.3, -0.25) is 4.98 Å². The second-order valence-electron chi connectivity index (χ2n) is 6.12. The number of nitrogens with two attached hydrogens (primary N) is 1. The Labute approximate surface area is 157 Å². The molecule has 2 N–H and O–H groups in total. The molecule has 8 nitrogen and oxygen atoms in total. The molecule has 0 spiro atoms. The van der Waals surface area contributed by atoms with Crippen molar-refractivity contribution in [1.82, 2.24) is 19.9 Å². The number of ether oxygens (including phenoxy) is 2. The Morgan fingerprint density at radius 3 is 2.63 bits per heavy atom. The Kier molecular flexibility index (Phi) is 4.80. The fourth-order valence-electron chi connectivity index (χ4n) is 2.87. The van der Waals surface area contributed by atoms with Gasteiger partial charge < -0.3 is 20.1 Å². The highest BCUT2D eigenvalue weighted by Gasteiger charge is 2.17. The molecule has 27 heavy (non-hydrogen) atoms. The summed E-state index contributed by atoms with van der Waals surface area (Å²) in [7, 11) is 1.62. The van der Waals surface area contributed by atoms with E-state index in [2.05, 4.69) is 14.9 Å². The molecule has 8 heteroatoms. The molecule has 0 radical (unpaired) electrons. The second-order valence-corrected chi connectivity index (χ2v) is 6.12. The summed E-state index contributed by atoms with van der Waals surface area (Å²) in [5, 5.41) is 0. The van der Waals surface area contributed by atoms with Gasteiger partial charge in [0.2, 0.25) is 0 Å². The average Bonchev–Trinajstić information content (AvgIpc) is 2.74. The van der Waals surface area contributed by atoms with E-state index in [0.29, 0.717) is 30.6 Å². The van der Waals surface area contributed by atoms with Crippen molar-refractivity contribution in [3.63, 3.8) is 0 Å². The predicted octanol–water partition coefficient (Wildman–Crippen LogP) is 2.03. The molecule has 1 fully saturated rings. The van der Waals surface area contributed by atoms with Crippen LogP contribution in [0.15, 0.2) is 42.9 Å². The Morgan fingerprint density at radius 1 is 1.04 bits per heavy atom. The third-order valence-corrected chi connectivity index (χ3v) is 4.34. The van der Waals surface area contributed by atoms with Gasteiger partial charge in [-0.25, -0.2) is 15.0 Å². The lowest BCUT2D eigenvalue weighted by molar-refractivity contribution is 0.122. The summed E-state index contributed by atoms with van der Waals surface area (Å²) in [4.78, 5) is 20.1. The summed E-state index contributed by atoms with van der Waals surface area (Å²) in [6.07, 6.45) is 5.11. The van der Waals surface area contributed by atoms with Gasteiger partial charge in [-0.05, 0) is 18.2 Å². The molecule has 3 aromatic rings. The van der Waals surface area contributed by atoms with Crippen LogP contribution in [0.3, 0.4) is 0 Å². The van der Waals surface area contributed by atoms with E-state index < -0.39 is 0 Å². The maximum Gasteiger partial charge on any atom is 0.163 e. The van der Waals surface area contributed by atoms with E-state index in [-0.39, 0.29) is 0 Å². The first-order chi connectivity index (χ1) is 13.2. The number of hydrogen-bond donors (Lipinski definition) is 1. The summed E-state index contributed by atoms with van der Waals surface area (Å²) in [6.45, 7) is 2.93. The zero-order chi connectivity index (χ0) is 18.6. The van der Waals surface area contributed by atoms with E-state index in [1.165, 1.54) is 0 Å². The number of nitrogens with zero attached hydrogens (tertiary/aromatic N) is 5. The smallest absolute Gasteiger partial charge is 0.163 e. The maximum absolute atomic E-state index is 5.71. The van der Waals surface area contributed by atoms with E-state index in [9.17, 15) is 0 Å². The standard InChI is InChI=1S/C19H20N6O2/c1-26-15-8-14(10-21-12-15)16-9-18(25-4-6-27-7-5-25)24-19(23-16)13-2-3-17(20)22-11-13/h2-3,8-12H,4-7H2,1H3,(H2,20,22). The fraction of sp³-hybridized carbons (Fsp3) is 0.263. The lowest BCUT2D eigenvalue weighted by Crippen LogP contribution is -2.36. The maximum atomic E-state index is 5.71. The van der Waals surface area contributed by atoms with Crippen LogP contribution < -0.4 is 15.4 Å². The summed E-state index contributed by atoms with van der Waals surface area (Å²) in [5.74, 6) is 2.57. The quantitative estimate of drug-likeness (QED) is 0.751. The number of anilines is 2. The zero-order valence-electron chi connectivity index (χ0n) is 15.0. The minimum atomic E-state index is 0.459. The molecule has 1 saturated heterocycles. The van der Waals surface area contributed by atoms with Crippen LogP contribution in [0.5, 0.6) is 5.75 Å². The minimum Gasteiger partial charge on any atom is -0.495 e. The molecule has 0 aliphatic carbocycles. The minimum absolute atomic E-state index is 0.459. The molecule has 3 aromatic heterocycles. The van der Waals surface area contributed by atoms with Gasteiger partial charge in [0.25, 0.3) is 0 Å². The van der Waals surface area contributed by atoms with E-state index in [1.54, 1.807) is 31.8 Å². The number of pyridine rings is 2. The van der Waals surface area contributed by atoms with Gasteiger partial charge in [0, 0.05) is 42.7 Å². The molecule has 138 valence electrons. The van der Waals surface area contributed by atoms with Crippen LogP contribution >= 0.6 is 0 Å². The van der Waals surface area contributed by atoms with Crippen molar-refractivity contribution >= 4 is 11.6 Å². The number of methoxy groups -OCH3 is 1. The number of nitrogen functional groups attached to an aromatic ring is 1. The van der Waals surface area contributed by atoms with Crippen molar-refractivity contribution in [2.45, 2.75) is 0 Å². The number of aromatic nitrogens is 4. The first kappa shape index (κ1) is 17.2. The molecule has 0 saturated carbocycles. The topological polar surface area (TPSA) is 99.3 Å². The summed E-state index contributed by atoms with van der Waals surface area (Å²) < 4.78 is 10.8. The highest BCUT2D eigenvalue weighted by molar-refractivity contribution is 5.68. The highest BCUT2D eigenvalue weighted by Crippen LogP contribution is 2.27. The fourth-order valence-corrected chi connectivity index (χ4v) is 2.87. The van der Waals surface area contributed by atoms with E-state index in [4.69, 9.17) is 25.2 Å². The molecular weight excluding hydrogens is 344 g/mol. The molecule has 4 heterocycles. The molecule has 0 amide bonds. The van der Waals surface area contributed by atoms with Gasteiger partial charge in [-0.2, -0.15) is 0 Å². The molecule has 0 bridgehead atoms. The van der Waals surface area contributed by atoms with Gasteiger partial charge in [-0.15, -0.1) is 0 Å². The van der Waals surface area contributed by atoms with Crippen molar-refractivity contribution in [3.05, 3.63) is 42.9 Å². The molecule has 1 aliphatic heterocycles. The van der Waals surface area contributed by atoms with Crippen molar-refractivity contribution in [3.8, 4) is 28.4 Å². The molecule has 0 aromatic carbocycles. The SMILES string of the molecule is COc1cncc(-c2cc(N3CCOCC3)nc(-c3ccc(N)nc3)n2)c1. The van der Waals surface area contributed by atoms with Crippen LogP contribution in [0.4, 0.5) is 11.6 Å². The monoisotopic (exact) mass is 364 g/mol.